The predicted molar refractivity (Wildman–Crippen MR) is 88.1 cm³/mol. The molecule has 1 aliphatic heterocycles. The van der Waals surface area contributed by atoms with Gasteiger partial charge in [0.1, 0.15) is 12.2 Å². The topological polar surface area (TPSA) is 76.1 Å². The molecule has 2 atom stereocenters. The average Bonchev–Trinajstić information content (AvgIpc) is 2.96. The number of aliphatic hydroxyl groups excluding tert-OH is 1. The summed E-state index contributed by atoms with van der Waals surface area (Å²) in [5, 5.41) is 9.52. The van der Waals surface area contributed by atoms with E-state index >= 15 is 0 Å². The van der Waals surface area contributed by atoms with E-state index in [-0.39, 0.29) is 32.2 Å². The Morgan fingerprint density at radius 1 is 1.21 bits per heavy atom. The van der Waals surface area contributed by atoms with Crippen LogP contribution in [-0.2, 0) is 20.9 Å². The zero-order chi connectivity index (χ0) is 17.7. The number of ether oxygens (including phenoxy) is 2. The van der Waals surface area contributed by atoms with Crippen molar-refractivity contribution in [3.8, 4) is 0 Å². The molecule has 1 amide bonds. The Kier molecular flexibility index (Phi) is 5.83. The lowest BCUT2D eigenvalue weighted by atomic mass is 9.97. The van der Waals surface area contributed by atoms with Gasteiger partial charge in [0, 0.05) is 25.6 Å². The molecule has 0 aliphatic carbocycles. The summed E-state index contributed by atoms with van der Waals surface area (Å²) in [6.07, 6.45) is -0.473. The van der Waals surface area contributed by atoms with Gasteiger partial charge in [0.2, 0.25) is 0 Å². The minimum Gasteiger partial charge on any atom is -0.461 e. The first kappa shape index (κ1) is 18.3. The van der Waals surface area contributed by atoms with Gasteiger partial charge in [0.15, 0.2) is 0 Å². The van der Waals surface area contributed by atoms with Crippen LogP contribution in [0.3, 0.4) is 0 Å². The monoisotopic (exact) mass is 335 g/mol. The molecule has 0 bridgehead atoms. The van der Waals surface area contributed by atoms with E-state index in [0.29, 0.717) is 0 Å². The van der Waals surface area contributed by atoms with E-state index in [2.05, 4.69) is 0 Å². The van der Waals surface area contributed by atoms with Crippen molar-refractivity contribution in [1.82, 2.24) is 4.90 Å². The molecule has 1 saturated heterocycles. The van der Waals surface area contributed by atoms with E-state index in [9.17, 15) is 14.7 Å². The quantitative estimate of drug-likeness (QED) is 0.854. The number of rotatable bonds is 4. The number of amides is 1. The van der Waals surface area contributed by atoms with Crippen LogP contribution in [-0.4, -0.2) is 47.4 Å². The summed E-state index contributed by atoms with van der Waals surface area (Å²) >= 11 is 0. The minimum atomic E-state index is -0.600. The molecule has 2 rings (SSSR count). The van der Waals surface area contributed by atoms with Gasteiger partial charge in [0.05, 0.1) is 5.92 Å². The summed E-state index contributed by atoms with van der Waals surface area (Å²) in [4.78, 5) is 25.9. The van der Waals surface area contributed by atoms with E-state index in [1.54, 1.807) is 20.8 Å². The molecule has 1 fully saturated rings. The molecule has 6 nitrogen and oxygen atoms in total. The Morgan fingerprint density at radius 2 is 1.88 bits per heavy atom. The molecule has 1 aromatic carbocycles. The van der Waals surface area contributed by atoms with E-state index in [4.69, 9.17) is 9.47 Å². The standard InChI is InChI=1S/C18H25NO5/c1-18(2,3)24-17(22)19-9-14(11-20)15(10-19)16(21)23-12-13-7-5-4-6-8-13/h4-8,14-15,20H,9-12H2,1-3H3/t14-,15+/m1/s1. The third-order valence-electron chi connectivity index (χ3n) is 3.85. The average molecular weight is 335 g/mol. The highest BCUT2D eigenvalue weighted by atomic mass is 16.6. The van der Waals surface area contributed by atoms with Gasteiger partial charge in [-0.05, 0) is 26.3 Å². The van der Waals surface area contributed by atoms with Crippen molar-refractivity contribution in [3.63, 3.8) is 0 Å². The van der Waals surface area contributed by atoms with Crippen LogP contribution in [0.25, 0.3) is 0 Å². The lowest BCUT2D eigenvalue weighted by Gasteiger charge is -2.24. The molecule has 1 aliphatic rings. The summed E-state index contributed by atoms with van der Waals surface area (Å²) in [5.74, 6) is -1.27. The maximum atomic E-state index is 12.3. The molecule has 1 N–H and O–H groups in total. The van der Waals surface area contributed by atoms with Crippen molar-refractivity contribution < 1.29 is 24.2 Å². The number of aliphatic hydroxyl groups is 1. The molecular formula is C18H25NO5. The van der Waals surface area contributed by atoms with Crippen LogP contribution in [0.15, 0.2) is 30.3 Å². The molecule has 6 heteroatoms. The van der Waals surface area contributed by atoms with Gasteiger partial charge >= 0.3 is 12.1 Å². The van der Waals surface area contributed by atoms with Gasteiger partial charge in [-0.2, -0.15) is 0 Å². The van der Waals surface area contributed by atoms with Crippen LogP contribution in [0.5, 0.6) is 0 Å². The van der Waals surface area contributed by atoms with Gasteiger partial charge in [-0.25, -0.2) is 4.79 Å². The Balaban J connectivity index is 1.93. The first-order chi connectivity index (χ1) is 11.3. The van der Waals surface area contributed by atoms with Crippen molar-refractivity contribution in [2.75, 3.05) is 19.7 Å². The lowest BCUT2D eigenvalue weighted by Crippen LogP contribution is -2.36. The molecule has 0 radical (unpaired) electrons. The number of nitrogens with zero attached hydrogens (tertiary/aromatic N) is 1. The van der Waals surface area contributed by atoms with Crippen LogP contribution in [0.2, 0.25) is 0 Å². The second kappa shape index (κ2) is 7.66. The van der Waals surface area contributed by atoms with E-state index < -0.39 is 23.6 Å². The molecule has 1 heterocycles. The van der Waals surface area contributed by atoms with Gasteiger partial charge in [-0.3, -0.25) is 4.79 Å². The second-order valence-corrected chi connectivity index (χ2v) is 7.03. The zero-order valence-corrected chi connectivity index (χ0v) is 14.4. The Hall–Kier alpha value is -2.08. The Labute approximate surface area is 142 Å². The number of benzene rings is 1. The number of hydrogen-bond donors (Lipinski definition) is 1. The molecule has 0 aromatic heterocycles. The zero-order valence-electron chi connectivity index (χ0n) is 14.4. The SMILES string of the molecule is CC(C)(C)OC(=O)N1C[C@H](CO)[C@@H](C(=O)OCc2ccccc2)C1. The molecular weight excluding hydrogens is 310 g/mol. The first-order valence-corrected chi connectivity index (χ1v) is 8.09. The maximum Gasteiger partial charge on any atom is 0.410 e. The fourth-order valence-corrected chi connectivity index (χ4v) is 2.63. The van der Waals surface area contributed by atoms with E-state index in [0.717, 1.165) is 5.56 Å². The molecule has 0 unspecified atom stereocenters. The third kappa shape index (κ3) is 4.96. The fourth-order valence-electron chi connectivity index (χ4n) is 2.63. The molecule has 1 aromatic rings. The number of carbonyl (C=O) groups excluding carboxylic acids is 2. The number of likely N-dealkylation sites (tertiary alicyclic amines) is 1. The predicted octanol–water partition coefficient (Wildman–Crippen LogP) is 2.21. The highest BCUT2D eigenvalue weighted by Crippen LogP contribution is 2.26. The fraction of sp³-hybridized carbons (Fsp3) is 0.556. The summed E-state index contributed by atoms with van der Waals surface area (Å²) in [6, 6.07) is 9.39. The highest BCUT2D eigenvalue weighted by molar-refractivity contribution is 5.76. The van der Waals surface area contributed by atoms with E-state index in [1.807, 2.05) is 30.3 Å². The van der Waals surface area contributed by atoms with Crippen molar-refractivity contribution in [2.45, 2.75) is 33.0 Å². The van der Waals surface area contributed by atoms with Crippen LogP contribution in [0, 0.1) is 11.8 Å². The third-order valence-corrected chi connectivity index (χ3v) is 3.85. The minimum absolute atomic E-state index is 0.176. The van der Waals surface area contributed by atoms with E-state index in [1.165, 1.54) is 4.90 Å². The molecule has 0 spiro atoms. The van der Waals surface area contributed by atoms with Gasteiger partial charge in [0.25, 0.3) is 0 Å². The van der Waals surface area contributed by atoms with Gasteiger partial charge in [-0.15, -0.1) is 0 Å². The van der Waals surface area contributed by atoms with Crippen molar-refractivity contribution >= 4 is 12.1 Å². The number of carbonyl (C=O) groups is 2. The van der Waals surface area contributed by atoms with Crippen LogP contribution >= 0.6 is 0 Å². The smallest absolute Gasteiger partial charge is 0.410 e. The first-order valence-electron chi connectivity index (χ1n) is 8.09. The lowest BCUT2D eigenvalue weighted by molar-refractivity contribution is -0.151. The van der Waals surface area contributed by atoms with Crippen molar-refractivity contribution in [1.29, 1.82) is 0 Å². The largest absolute Gasteiger partial charge is 0.461 e. The van der Waals surface area contributed by atoms with Crippen molar-refractivity contribution in [3.05, 3.63) is 35.9 Å². The molecule has 132 valence electrons. The number of esters is 1. The molecule has 0 saturated carbocycles. The van der Waals surface area contributed by atoms with Gasteiger partial charge in [-0.1, -0.05) is 30.3 Å². The van der Waals surface area contributed by atoms with Crippen LogP contribution in [0.1, 0.15) is 26.3 Å². The summed E-state index contributed by atoms with van der Waals surface area (Å²) in [7, 11) is 0. The van der Waals surface area contributed by atoms with Crippen molar-refractivity contribution in [2.24, 2.45) is 11.8 Å². The Bertz CT molecular complexity index is 567. The summed E-state index contributed by atoms with van der Waals surface area (Å²) in [6.45, 7) is 5.86. The Morgan fingerprint density at radius 3 is 2.46 bits per heavy atom. The highest BCUT2D eigenvalue weighted by Gasteiger charge is 2.41. The molecule has 24 heavy (non-hydrogen) atoms. The van der Waals surface area contributed by atoms with Crippen LogP contribution in [0.4, 0.5) is 4.79 Å². The maximum absolute atomic E-state index is 12.3. The van der Waals surface area contributed by atoms with Crippen LogP contribution < -0.4 is 0 Å². The number of hydrogen-bond acceptors (Lipinski definition) is 5. The summed E-state index contributed by atoms with van der Waals surface area (Å²) < 4.78 is 10.7. The van der Waals surface area contributed by atoms with Gasteiger partial charge < -0.3 is 19.5 Å². The second-order valence-electron chi connectivity index (χ2n) is 7.03. The summed E-state index contributed by atoms with van der Waals surface area (Å²) in [5.41, 5.74) is 0.297. The normalized spacial score (nSPS) is 20.8.